The lowest BCUT2D eigenvalue weighted by atomic mass is 9.82. The van der Waals surface area contributed by atoms with Crippen LogP contribution in [0.5, 0.6) is 0 Å². The van der Waals surface area contributed by atoms with Crippen molar-refractivity contribution in [3.05, 3.63) is 22.5 Å². The van der Waals surface area contributed by atoms with E-state index in [4.69, 9.17) is 30.4 Å². The highest BCUT2D eigenvalue weighted by Gasteiger charge is 2.78. The number of esters is 1. The van der Waals surface area contributed by atoms with E-state index in [1.54, 1.807) is 4.90 Å². The first-order chi connectivity index (χ1) is 21.8. The van der Waals surface area contributed by atoms with Crippen molar-refractivity contribution < 1.29 is 52.5 Å². The van der Waals surface area contributed by atoms with Crippen LogP contribution in [0.25, 0.3) is 0 Å². The van der Waals surface area contributed by atoms with Crippen LogP contribution in [0, 0.1) is 17.8 Å². The third-order valence-corrected chi connectivity index (χ3v) is 10.5. The van der Waals surface area contributed by atoms with Crippen LogP contribution < -0.4 is 11.5 Å². The first-order valence-electron chi connectivity index (χ1n) is 15.0. The molecule has 0 aromatic carbocycles. The molecule has 0 aromatic heterocycles. The molecule has 0 spiro atoms. The van der Waals surface area contributed by atoms with Crippen molar-refractivity contribution in [2.24, 2.45) is 29.2 Å². The molecule has 16 nitrogen and oxygen atoms in total. The summed E-state index contributed by atoms with van der Waals surface area (Å²) in [6.07, 6.45) is 0.473. The molecule has 248 valence electrons. The molecule has 5 atom stereocenters. The van der Waals surface area contributed by atoms with Gasteiger partial charge in [-0.1, -0.05) is 0 Å². The molecule has 1 saturated carbocycles. The van der Waals surface area contributed by atoms with E-state index >= 15 is 0 Å². The van der Waals surface area contributed by atoms with Crippen molar-refractivity contribution in [3.8, 4) is 0 Å². The van der Waals surface area contributed by atoms with Gasteiger partial charge >= 0.3 is 18.2 Å². The quantitative estimate of drug-likeness (QED) is 0.0752. The number of primary amides is 1. The fourth-order valence-corrected chi connectivity index (χ4v) is 8.05. The van der Waals surface area contributed by atoms with Gasteiger partial charge in [0.2, 0.25) is 30.2 Å². The number of nitrogens with zero attached hydrogens (tertiary/aromatic N) is 3. The van der Waals surface area contributed by atoms with Gasteiger partial charge in [0, 0.05) is 37.8 Å². The summed E-state index contributed by atoms with van der Waals surface area (Å²) < 4.78 is 21.6. The molecular formula is C29H35N5O11S. The SMILES string of the molecule is CO[C@@]12[C@H](COC(N)=O)C3=C(C(=O)C(C)=C(N)C3=O)N1C[C@H]1[C@@H]2N1C(=O)OCOC(=O)C1CCC(CN2C(=O)CC(S)C2=O)CC1. The second-order valence-corrected chi connectivity index (χ2v) is 13.0. The van der Waals surface area contributed by atoms with E-state index in [2.05, 4.69) is 12.6 Å². The Morgan fingerprint density at radius 3 is 2.33 bits per heavy atom. The van der Waals surface area contributed by atoms with E-state index in [1.165, 1.54) is 23.8 Å². The Morgan fingerprint density at radius 1 is 1.02 bits per heavy atom. The van der Waals surface area contributed by atoms with Crippen LogP contribution in [0.4, 0.5) is 9.59 Å². The maximum Gasteiger partial charge on any atom is 0.413 e. The van der Waals surface area contributed by atoms with Gasteiger partial charge in [-0.05, 0) is 38.5 Å². The second-order valence-electron chi connectivity index (χ2n) is 12.4. The van der Waals surface area contributed by atoms with Gasteiger partial charge < -0.3 is 35.3 Å². The van der Waals surface area contributed by atoms with Crippen molar-refractivity contribution >= 4 is 54.2 Å². The molecule has 3 saturated heterocycles. The van der Waals surface area contributed by atoms with Gasteiger partial charge in [-0.2, -0.15) is 12.6 Å². The van der Waals surface area contributed by atoms with Gasteiger partial charge in [0.05, 0.1) is 34.5 Å². The Hall–Kier alpha value is -4.12. The third-order valence-electron chi connectivity index (χ3n) is 10.1. The Morgan fingerprint density at radius 2 is 1.72 bits per heavy atom. The number of amides is 4. The maximum absolute atomic E-state index is 13.3. The van der Waals surface area contributed by atoms with Crippen LogP contribution in [0.3, 0.4) is 0 Å². The van der Waals surface area contributed by atoms with Crippen molar-refractivity contribution in [1.82, 2.24) is 14.7 Å². The molecule has 6 aliphatic rings. The number of allylic oxidation sites excluding steroid dienone is 2. The Bertz CT molecular complexity index is 1500. The van der Waals surface area contributed by atoms with E-state index in [0.717, 1.165) is 0 Å². The minimum absolute atomic E-state index is 0.0306. The number of methoxy groups -OCH3 is 1. The zero-order valence-electron chi connectivity index (χ0n) is 25.3. The number of hydrogen-bond donors (Lipinski definition) is 3. The molecule has 4 aliphatic heterocycles. The third kappa shape index (κ3) is 4.82. The summed E-state index contributed by atoms with van der Waals surface area (Å²) in [5.74, 6) is -3.41. The summed E-state index contributed by atoms with van der Waals surface area (Å²) >= 11 is 4.15. The average molecular weight is 662 g/mol. The summed E-state index contributed by atoms with van der Waals surface area (Å²) in [4.78, 5) is 92.4. The summed E-state index contributed by atoms with van der Waals surface area (Å²) in [5.41, 5.74) is 9.70. The molecule has 4 heterocycles. The molecule has 6 rings (SSSR count). The van der Waals surface area contributed by atoms with Gasteiger partial charge in [-0.3, -0.25) is 33.8 Å². The molecule has 4 N–H and O–H groups in total. The van der Waals surface area contributed by atoms with Crippen molar-refractivity contribution in [2.75, 3.05) is 33.6 Å². The van der Waals surface area contributed by atoms with E-state index in [-0.39, 0.29) is 53.2 Å². The first-order valence-corrected chi connectivity index (χ1v) is 15.5. The number of carbonyl (C=O) groups is 7. The number of piperazine rings is 1. The van der Waals surface area contributed by atoms with Crippen LogP contribution >= 0.6 is 12.6 Å². The second kappa shape index (κ2) is 11.6. The van der Waals surface area contributed by atoms with Crippen LogP contribution in [-0.4, -0.2) is 113 Å². The first kappa shape index (κ1) is 31.8. The molecule has 4 fully saturated rings. The number of imide groups is 1. The highest BCUT2D eigenvalue weighted by molar-refractivity contribution is 7.81. The summed E-state index contributed by atoms with van der Waals surface area (Å²) in [7, 11) is 1.36. The smallest absolute Gasteiger partial charge is 0.413 e. The van der Waals surface area contributed by atoms with Gasteiger partial charge in [0.15, 0.2) is 5.72 Å². The number of Topliss-reactive ketones (excluding diaryl/α,β-unsaturated/α-hetero) is 2. The van der Waals surface area contributed by atoms with Crippen LogP contribution in [0.2, 0.25) is 0 Å². The van der Waals surface area contributed by atoms with Crippen molar-refractivity contribution in [2.45, 2.75) is 62.1 Å². The predicted molar refractivity (Wildman–Crippen MR) is 156 cm³/mol. The number of carbonyl (C=O) groups excluding carboxylic acids is 7. The summed E-state index contributed by atoms with van der Waals surface area (Å²) in [6.45, 7) is 0.850. The van der Waals surface area contributed by atoms with Gasteiger partial charge in [-0.25, -0.2) is 9.59 Å². The Kier molecular flexibility index (Phi) is 8.03. The number of hydrogen-bond acceptors (Lipinski definition) is 14. The number of rotatable bonds is 8. The minimum atomic E-state index is -1.45. The van der Waals surface area contributed by atoms with E-state index in [1.807, 2.05) is 0 Å². The zero-order chi connectivity index (χ0) is 33.2. The topological polar surface area (TPSA) is 218 Å². The zero-order valence-corrected chi connectivity index (χ0v) is 26.2. The van der Waals surface area contributed by atoms with Gasteiger partial charge in [-0.15, -0.1) is 0 Å². The van der Waals surface area contributed by atoms with E-state index < -0.39 is 78.0 Å². The molecule has 0 bridgehead atoms. The molecule has 0 aromatic rings. The number of likely N-dealkylation sites (tertiary alicyclic amines) is 1. The lowest BCUT2D eigenvalue weighted by molar-refractivity contribution is -0.160. The molecule has 17 heteroatoms. The standard InChI is InChI=1S/C29H35N5O11S/c1-12-20(30)23(37)19-15(10-43-27(31)40)29(42-2)24-16(9-33(29)21(19)22(12)36)34(24)28(41)45-11-44-26(39)14-5-3-13(4-6-14)8-32-18(35)7-17(46)25(32)38/h13-17,24,46H,3-11,30H2,1-2H3,(H2,31,40)/t13?,14?,15-,16+,17?,24+,29-,34?/m1/s1. The maximum atomic E-state index is 13.3. The summed E-state index contributed by atoms with van der Waals surface area (Å²) in [5, 5.41) is -0.598. The number of thiol groups is 1. The fourth-order valence-electron chi connectivity index (χ4n) is 7.75. The number of nitrogens with two attached hydrogens (primary N) is 2. The van der Waals surface area contributed by atoms with Crippen LogP contribution in [-0.2, 0) is 42.9 Å². The Balaban J connectivity index is 1.04. The molecule has 0 radical (unpaired) electrons. The van der Waals surface area contributed by atoms with Crippen LogP contribution in [0.15, 0.2) is 22.5 Å². The van der Waals surface area contributed by atoms with Crippen molar-refractivity contribution in [3.63, 3.8) is 0 Å². The largest absolute Gasteiger partial charge is 0.449 e. The normalized spacial score (nSPS) is 33.3. The number of ketones is 2. The highest BCUT2D eigenvalue weighted by Crippen LogP contribution is 2.59. The van der Waals surface area contributed by atoms with E-state index in [9.17, 15) is 33.6 Å². The molecule has 46 heavy (non-hydrogen) atoms. The Labute approximate surface area is 268 Å². The lowest BCUT2D eigenvalue weighted by Gasteiger charge is -2.40. The molecule has 2 aliphatic carbocycles. The minimum Gasteiger partial charge on any atom is -0.449 e. The summed E-state index contributed by atoms with van der Waals surface area (Å²) in [6, 6.07) is -1.17. The van der Waals surface area contributed by atoms with Gasteiger partial charge in [0.1, 0.15) is 12.6 Å². The molecule has 4 amide bonds. The van der Waals surface area contributed by atoms with Gasteiger partial charge in [0.25, 0.3) is 0 Å². The highest BCUT2D eigenvalue weighted by atomic mass is 32.1. The van der Waals surface area contributed by atoms with E-state index in [0.29, 0.717) is 32.2 Å². The molecule has 1 unspecified atom stereocenters. The predicted octanol–water partition coefficient (Wildman–Crippen LogP) is -0.438. The molecular weight excluding hydrogens is 626 g/mol. The lowest BCUT2D eigenvalue weighted by Crippen LogP contribution is -2.56. The number of ether oxygens (including phenoxy) is 4. The monoisotopic (exact) mass is 661 g/mol. The van der Waals surface area contributed by atoms with Crippen molar-refractivity contribution in [1.29, 1.82) is 0 Å². The number of fused-ring (bicyclic) bond motifs is 4. The average Bonchev–Trinajstić information content (AvgIpc) is 3.44. The fraction of sp³-hybridized carbons (Fsp3) is 0.621. The van der Waals surface area contributed by atoms with Crippen LogP contribution in [0.1, 0.15) is 39.0 Å².